The van der Waals surface area contributed by atoms with Crippen molar-refractivity contribution in [2.45, 2.75) is 25.3 Å². The summed E-state index contributed by atoms with van der Waals surface area (Å²) in [5.74, 6) is -1.14. The van der Waals surface area contributed by atoms with Crippen molar-refractivity contribution in [3.05, 3.63) is 80.5 Å². The molecular weight excluding hydrogens is 549 g/mol. The normalized spacial score (nSPS) is 17.9. The Balaban J connectivity index is 1.40. The van der Waals surface area contributed by atoms with Gasteiger partial charge in [-0.05, 0) is 61.3 Å². The van der Waals surface area contributed by atoms with E-state index in [1.54, 1.807) is 16.5 Å². The molecule has 4 aromatic carbocycles. The van der Waals surface area contributed by atoms with Gasteiger partial charge in [-0.3, -0.25) is 14.4 Å². The first kappa shape index (κ1) is 26.1. The maximum Gasteiger partial charge on any atom is 0.256 e. The molecule has 8 rings (SSSR count). The van der Waals surface area contributed by atoms with Gasteiger partial charge in [-0.1, -0.05) is 24.3 Å². The van der Waals surface area contributed by atoms with Gasteiger partial charge < -0.3 is 29.7 Å². The molecule has 0 bridgehead atoms. The summed E-state index contributed by atoms with van der Waals surface area (Å²) in [7, 11) is 0. The fourth-order valence-corrected chi connectivity index (χ4v) is 7.00. The van der Waals surface area contributed by atoms with Crippen molar-refractivity contribution in [2.75, 3.05) is 44.2 Å². The smallest absolute Gasteiger partial charge is 0.256 e. The molecule has 0 saturated carbocycles. The van der Waals surface area contributed by atoms with Gasteiger partial charge in [0, 0.05) is 49.2 Å². The molecule has 0 aliphatic carbocycles. The van der Waals surface area contributed by atoms with E-state index in [2.05, 4.69) is 10.2 Å². The summed E-state index contributed by atoms with van der Waals surface area (Å²) in [5.41, 5.74) is 7.08. The molecule has 43 heavy (non-hydrogen) atoms. The maximum atomic E-state index is 16.0. The number of hydrogen-bond donors (Lipinski definition) is 2. The number of halogens is 1. The zero-order chi connectivity index (χ0) is 29.4. The highest BCUT2D eigenvalue weighted by atomic mass is 19.1. The van der Waals surface area contributed by atoms with Gasteiger partial charge in [0.1, 0.15) is 16.8 Å². The Hall–Kier alpha value is -4.54. The number of carbonyl (C=O) groups excluding carboxylic acids is 1. The number of amides is 1. The van der Waals surface area contributed by atoms with Crippen LogP contribution in [-0.4, -0.2) is 60.5 Å². The summed E-state index contributed by atoms with van der Waals surface area (Å²) in [6.45, 7) is 4.06. The first-order valence-electron chi connectivity index (χ1n) is 14.8. The summed E-state index contributed by atoms with van der Waals surface area (Å²) in [6.07, 6.45) is 4.50. The highest BCUT2D eigenvalue weighted by Gasteiger charge is 2.29. The van der Waals surface area contributed by atoms with Crippen molar-refractivity contribution < 1.29 is 13.6 Å². The number of carbonyl (C=O) groups is 1. The Morgan fingerprint density at radius 2 is 1.77 bits per heavy atom. The number of nitrogens with zero attached hydrogens (tertiary/aromatic N) is 3. The van der Waals surface area contributed by atoms with Gasteiger partial charge in [-0.2, -0.15) is 0 Å². The zero-order valence-electron chi connectivity index (χ0n) is 23.5. The lowest BCUT2D eigenvalue weighted by molar-refractivity contribution is 0.0948. The van der Waals surface area contributed by atoms with Crippen molar-refractivity contribution in [1.29, 1.82) is 0 Å². The van der Waals surface area contributed by atoms with Crippen LogP contribution in [0.3, 0.4) is 0 Å². The molecule has 4 heterocycles. The van der Waals surface area contributed by atoms with E-state index in [1.165, 1.54) is 12.3 Å². The molecule has 0 unspecified atom stereocenters. The summed E-state index contributed by atoms with van der Waals surface area (Å²) < 4.78 is 24.1. The van der Waals surface area contributed by atoms with Gasteiger partial charge >= 0.3 is 0 Å². The van der Waals surface area contributed by atoms with Crippen LogP contribution in [0.15, 0.2) is 62.7 Å². The zero-order valence-corrected chi connectivity index (χ0v) is 23.5. The number of anilines is 1. The lowest BCUT2D eigenvalue weighted by Crippen LogP contribution is -2.35. The predicted molar refractivity (Wildman–Crippen MR) is 166 cm³/mol. The molecular formula is C33H30FN5O4. The average molecular weight is 580 g/mol. The van der Waals surface area contributed by atoms with Crippen LogP contribution in [0.25, 0.3) is 49.1 Å². The highest BCUT2D eigenvalue weighted by Crippen LogP contribution is 2.38. The number of hydrogen-bond acceptors (Lipinski definition) is 7. The van der Waals surface area contributed by atoms with E-state index in [4.69, 9.17) is 10.2 Å². The number of aromatic nitrogens is 1. The van der Waals surface area contributed by atoms with Crippen molar-refractivity contribution >= 4 is 60.7 Å². The molecule has 1 atom stereocenters. The number of benzene rings is 3. The average Bonchev–Trinajstić information content (AvgIpc) is 3.74. The molecule has 2 fully saturated rings. The van der Waals surface area contributed by atoms with Crippen molar-refractivity contribution in [3.63, 3.8) is 0 Å². The van der Waals surface area contributed by atoms with Gasteiger partial charge in [-0.15, -0.1) is 0 Å². The first-order chi connectivity index (χ1) is 20.9. The predicted octanol–water partition coefficient (Wildman–Crippen LogP) is 3.81. The molecule has 9 nitrogen and oxygen atoms in total. The number of pyridine rings is 1. The number of rotatable bonds is 5. The molecule has 0 spiro atoms. The lowest BCUT2D eigenvalue weighted by Gasteiger charge is -2.22. The van der Waals surface area contributed by atoms with Gasteiger partial charge in [0.05, 0.1) is 10.9 Å². The number of nitrogens with one attached hydrogen (secondary N) is 1. The third kappa shape index (κ3) is 4.00. The van der Waals surface area contributed by atoms with Crippen LogP contribution in [0.1, 0.15) is 29.6 Å². The third-order valence-corrected chi connectivity index (χ3v) is 9.15. The lowest BCUT2D eigenvalue weighted by atomic mass is 10.1. The second-order valence-electron chi connectivity index (χ2n) is 11.8. The Bertz CT molecular complexity index is 2220. The molecule has 2 aromatic heterocycles. The van der Waals surface area contributed by atoms with Gasteiger partial charge in [0.15, 0.2) is 22.4 Å². The Kier molecular flexibility index (Phi) is 5.92. The molecule has 0 radical (unpaired) electrons. The second-order valence-corrected chi connectivity index (χ2v) is 11.8. The standard InChI is InChI=1S/C33H30FN5O4/c34-25-13-23-28-32(29(25)38-11-7-18(35)16-38)43-27-15-22-21(19-5-1-2-6-20(19)30(22)40)14-26(27)39(28)17-24(31(23)41)33(42)36-8-12-37-9-3-4-10-37/h1-2,5-6,13-15,17-18H,3-4,7-12,16,35H2,(H,36,42)/t18-/m0/s1. The van der Waals surface area contributed by atoms with Crippen molar-refractivity contribution in [2.24, 2.45) is 5.73 Å². The minimum atomic E-state index is -0.625. The topological polar surface area (TPSA) is 113 Å². The van der Waals surface area contributed by atoms with E-state index < -0.39 is 17.2 Å². The summed E-state index contributed by atoms with van der Waals surface area (Å²) in [6, 6.07) is 12.0. The van der Waals surface area contributed by atoms with Crippen LogP contribution >= 0.6 is 0 Å². The molecule has 2 saturated heterocycles. The van der Waals surface area contributed by atoms with E-state index in [0.29, 0.717) is 60.0 Å². The Labute approximate surface area is 244 Å². The van der Waals surface area contributed by atoms with Crippen molar-refractivity contribution in [1.82, 2.24) is 14.6 Å². The largest absolute Gasteiger partial charge is 0.451 e. The van der Waals surface area contributed by atoms with Crippen LogP contribution in [-0.2, 0) is 0 Å². The molecule has 1 amide bonds. The fraction of sp³-hybridized carbons (Fsp3) is 0.303. The summed E-state index contributed by atoms with van der Waals surface area (Å²) in [4.78, 5) is 44.6. The molecule has 3 N–H and O–H groups in total. The molecule has 2 aliphatic heterocycles. The van der Waals surface area contributed by atoms with E-state index in [-0.39, 0.29) is 33.7 Å². The number of nitrogens with two attached hydrogens (primary N) is 1. The highest BCUT2D eigenvalue weighted by molar-refractivity contribution is 6.15. The van der Waals surface area contributed by atoms with Crippen LogP contribution in [0.4, 0.5) is 10.1 Å². The summed E-state index contributed by atoms with van der Waals surface area (Å²) >= 11 is 0. The Morgan fingerprint density at radius 3 is 2.53 bits per heavy atom. The van der Waals surface area contributed by atoms with Crippen LogP contribution in [0.2, 0.25) is 0 Å². The summed E-state index contributed by atoms with van der Waals surface area (Å²) in [5, 5.41) is 5.57. The van der Waals surface area contributed by atoms with Crippen LogP contribution < -0.4 is 26.8 Å². The Morgan fingerprint density at radius 1 is 0.977 bits per heavy atom. The second kappa shape index (κ2) is 9.75. The molecule has 218 valence electrons. The molecule has 10 heteroatoms. The molecule has 2 aliphatic rings. The maximum absolute atomic E-state index is 16.0. The SMILES string of the molecule is N[C@H]1CCN(c2c(F)cc3c(=O)c(C(=O)NCCN4CCCC4)cn4c5cc6c(cc5oc2c34)c(=O)c2ccccc26)C1. The van der Waals surface area contributed by atoms with E-state index in [0.717, 1.165) is 36.7 Å². The van der Waals surface area contributed by atoms with Crippen LogP contribution in [0.5, 0.6) is 0 Å². The van der Waals surface area contributed by atoms with E-state index in [9.17, 15) is 14.4 Å². The minimum Gasteiger partial charge on any atom is -0.451 e. The molecule has 6 aromatic rings. The first-order valence-corrected chi connectivity index (χ1v) is 14.8. The quantitative estimate of drug-likeness (QED) is 0.236. The fourth-order valence-electron chi connectivity index (χ4n) is 7.00. The third-order valence-electron chi connectivity index (χ3n) is 9.15. The van der Waals surface area contributed by atoms with Crippen molar-refractivity contribution in [3.8, 4) is 0 Å². The van der Waals surface area contributed by atoms with E-state index in [1.807, 2.05) is 29.2 Å². The van der Waals surface area contributed by atoms with Crippen LogP contribution in [0, 0.1) is 5.82 Å². The van der Waals surface area contributed by atoms with Gasteiger partial charge in [-0.25, -0.2) is 4.39 Å². The number of likely N-dealkylation sites (tertiary alicyclic amines) is 1. The van der Waals surface area contributed by atoms with Gasteiger partial charge in [0.25, 0.3) is 5.91 Å². The van der Waals surface area contributed by atoms with Gasteiger partial charge in [0.2, 0.25) is 5.43 Å². The monoisotopic (exact) mass is 579 g/mol. The van der Waals surface area contributed by atoms with E-state index >= 15 is 4.39 Å². The minimum absolute atomic E-state index is 0.0505. The number of fused-ring (bicyclic) bond motifs is 5.